The fourth-order valence-electron chi connectivity index (χ4n) is 1.82. The summed E-state index contributed by atoms with van der Waals surface area (Å²) in [6.07, 6.45) is 1.12. The lowest BCUT2D eigenvalue weighted by Crippen LogP contribution is -2.27. The minimum Gasteiger partial charge on any atom is -0.490 e. The van der Waals surface area contributed by atoms with Gasteiger partial charge in [0, 0.05) is 19.5 Å². The van der Waals surface area contributed by atoms with E-state index in [1.165, 1.54) is 0 Å². The average molecular weight is 280 g/mol. The molecule has 1 aromatic carbocycles. The van der Waals surface area contributed by atoms with Crippen LogP contribution < -0.4 is 20.5 Å². The van der Waals surface area contributed by atoms with E-state index in [0.29, 0.717) is 32.7 Å². The Morgan fingerprint density at radius 2 is 1.90 bits per heavy atom. The van der Waals surface area contributed by atoms with Crippen LogP contribution in [0.4, 0.5) is 0 Å². The Labute approximate surface area is 120 Å². The highest BCUT2D eigenvalue weighted by Gasteiger charge is 2.06. The molecule has 0 spiro atoms. The Kier molecular flexibility index (Phi) is 7.50. The van der Waals surface area contributed by atoms with Gasteiger partial charge in [-0.2, -0.15) is 0 Å². The fourth-order valence-corrected chi connectivity index (χ4v) is 1.82. The van der Waals surface area contributed by atoms with Crippen LogP contribution in [0.1, 0.15) is 25.8 Å². The van der Waals surface area contributed by atoms with Crippen LogP contribution in [-0.4, -0.2) is 32.2 Å². The summed E-state index contributed by atoms with van der Waals surface area (Å²) >= 11 is 0. The molecule has 0 bridgehead atoms. The van der Waals surface area contributed by atoms with Crippen molar-refractivity contribution < 1.29 is 14.3 Å². The van der Waals surface area contributed by atoms with Crippen LogP contribution >= 0.6 is 0 Å². The van der Waals surface area contributed by atoms with E-state index >= 15 is 0 Å². The molecule has 1 amide bonds. The summed E-state index contributed by atoms with van der Waals surface area (Å²) in [7, 11) is 0. The molecular formula is C15H24N2O3. The van der Waals surface area contributed by atoms with Gasteiger partial charge in [-0.1, -0.05) is 6.07 Å². The van der Waals surface area contributed by atoms with Crippen LogP contribution in [0.3, 0.4) is 0 Å². The number of hydrogen-bond donors (Lipinski definition) is 2. The maximum absolute atomic E-state index is 11.3. The maximum atomic E-state index is 11.3. The van der Waals surface area contributed by atoms with Gasteiger partial charge >= 0.3 is 0 Å². The number of carbonyl (C=O) groups is 1. The monoisotopic (exact) mass is 280 g/mol. The number of benzene rings is 1. The lowest BCUT2D eigenvalue weighted by atomic mass is 10.1. The number of ether oxygens (including phenoxy) is 2. The molecule has 0 radical (unpaired) electrons. The zero-order valence-electron chi connectivity index (χ0n) is 12.3. The van der Waals surface area contributed by atoms with Gasteiger partial charge in [-0.3, -0.25) is 4.79 Å². The zero-order chi connectivity index (χ0) is 14.8. The molecule has 0 aliphatic carbocycles. The molecule has 5 nitrogen and oxygen atoms in total. The number of amides is 1. The third-order valence-electron chi connectivity index (χ3n) is 2.72. The summed E-state index contributed by atoms with van der Waals surface area (Å²) in [5.41, 5.74) is 6.42. The van der Waals surface area contributed by atoms with Gasteiger partial charge in [0.2, 0.25) is 5.91 Å². The standard InChI is InChI=1S/C15H24N2O3/c1-3-19-13-6-5-12(11-14(13)20-4-2)8-10-17-15(18)7-9-16/h5-6,11H,3-4,7-10,16H2,1-2H3,(H,17,18). The van der Waals surface area contributed by atoms with E-state index < -0.39 is 0 Å². The number of hydrogen-bond acceptors (Lipinski definition) is 4. The van der Waals surface area contributed by atoms with Crippen LogP contribution in [0.2, 0.25) is 0 Å². The van der Waals surface area contributed by atoms with E-state index in [1.54, 1.807) is 0 Å². The molecule has 0 atom stereocenters. The second kappa shape index (κ2) is 9.20. The van der Waals surface area contributed by atoms with Crippen LogP contribution in [0.5, 0.6) is 11.5 Å². The quantitative estimate of drug-likeness (QED) is 0.719. The average Bonchev–Trinajstić information content (AvgIpc) is 2.42. The number of nitrogens with one attached hydrogen (secondary N) is 1. The minimum atomic E-state index is -0.0107. The van der Waals surface area contributed by atoms with E-state index in [4.69, 9.17) is 15.2 Å². The summed E-state index contributed by atoms with van der Waals surface area (Å²) < 4.78 is 11.1. The maximum Gasteiger partial charge on any atom is 0.221 e. The summed E-state index contributed by atoms with van der Waals surface area (Å²) in [6, 6.07) is 5.86. The summed E-state index contributed by atoms with van der Waals surface area (Å²) in [5.74, 6) is 1.49. The fraction of sp³-hybridized carbons (Fsp3) is 0.533. The van der Waals surface area contributed by atoms with Crippen LogP contribution in [0.25, 0.3) is 0 Å². The lowest BCUT2D eigenvalue weighted by Gasteiger charge is -2.12. The molecule has 0 aromatic heterocycles. The van der Waals surface area contributed by atoms with Gasteiger partial charge in [0.25, 0.3) is 0 Å². The second-order valence-corrected chi connectivity index (χ2v) is 4.29. The highest BCUT2D eigenvalue weighted by Crippen LogP contribution is 2.28. The van der Waals surface area contributed by atoms with Gasteiger partial charge in [0.1, 0.15) is 0 Å². The number of carbonyl (C=O) groups excluding carboxylic acids is 1. The van der Waals surface area contributed by atoms with Crippen molar-refractivity contribution in [1.82, 2.24) is 5.32 Å². The molecule has 0 aliphatic rings. The van der Waals surface area contributed by atoms with Crippen molar-refractivity contribution in [2.24, 2.45) is 5.73 Å². The molecule has 112 valence electrons. The van der Waals surface area contributed by atoms with Gasteiger partial charge in [0.15, 0.2) is 11.5 Å². The molecule has 0 unspecified atom stereocenters. The Hall–Kier alpha value is -1.75. The van der Waals surface area contributed by atoms with Crippen molar-refractivity contribution in [2.75, 3.05) is 26.3 Å². The van der Waals surface area contributed by atoms with E-state index in [-0.39, 0.29) is 5.91 Å². The molecule has 20 heavy (non-hydrogen) atoms. The second-order valence-electron chi connectivity index (χ2n) is 4.29. The first kappa shape index (κ1) is 16.3. The van der Waals surface area contributed by atoms with Gasteiger partial charge in [-0.15, -0.1) is 0 Å². The van der Waals surface area contributed by atoms with E-state index in [2.05, 4.69) is 5.32 Å². The molecule has 0 aliphatic heterocycles. The highest BCUT2D eigenvalue weighted by atomic mass is 16.5. The molecule has 0 heterocycles. The number of rotatable bonds is 9. The zero-order valence-corrected chi connectivity index (χ0v) is 12.3. The Bertz CT molecular complexity index is 422. The SMILES string of the molecule is CCOc1ccc(CCNC(=O)CCN)cc1OCC. The molecule has 3 N–H and O–H groups in total. The Balaban J connectivity index is 2.57. The lowest BCUT2D eigenvalue weighted by molar-refractivity contribution is -0.120. The van der Waals surface area contributed by atoms with Gasteiger partial charge < -0.3 is 20.5 Å². The Morgan fingerprint density at radius 1 is 1.20 bits per heavy atom. The molecule has 0 fully saturated rings. The normalized spacial score (nSPS) is 10.2. The smallest absolute Gasteiger partial charge is 0.221 e. The highest BCUT2D eigenvalue weighted by molar-refractivity contribution is 5.76. The van der Waals surface area contributed by atoms with Gasteiger partial charge in [0.05, 0.1) is 13.2 Å². The molecule has 1 rings (SSSR count). The first-order valence-corrected chi connectivity index (χ1v) is 7.06. The first-order valence-electron chi connectivity index (χ1n) is 7.06. The topological polar surface area (TPSA) is 73.6 Å². The van der Waals surface area contributed by atoms with Crippen molar-refractivity contribution >= 4 is 5.91 Å². The number of nitrogens with two attached hydrogens (primary N) is 1. The van der Waals surface area contributed by atoms with Crippen molar-refractivity contribution in [3.05, 3.63) is 23.8 Å². The van der Waals surface area contributed by atoms with Crippen LogP contribution in [0.15, 0.2) is 18.2 Å². The minimum absolute atomic E-state index is 0.0107. The third-order valence-corrected chi connectivity index (χ3v) is 2.72. The summed E-state index contributed by atoms with van der Waals surface area (Å²) in [5, 5.41) is 2.83. The van der Waals surface area contributed by atoms with E-state index in [0.717, 1.165) is 23.5 Å². The van der Waals surface area contributed by atoms with Crippen LogP contribution in [-0.2, 0) is 11.2 Å². The van der Waals surface area contributed by atoms with Crippen molar-refractivity contribution in [2.45, 2.75) is 26.7 Å². The van der Waals surface area contributed by atoms with Gasteiger partial charge in [-0.05, 0) is 38.0 Å². The third kappa shape index (κ3) is 5.48. The predicted molar refractivity (Wildman–Crippen MR) is 79.2 cm³/mol. The Morgan fingerprint density at radius 3 is 2.55 bits per heavy atom. The molecular weight excluding hydrogens is 256 g/mol. The summed E-state index contributed by atoms with van der Waals surface area (Å²) in [4.78, 5) is 11.3. The first-order chi connectivity index (χ1) is 9.71. The molecule has 0 saturated carbocycles. The predicted octanol–water partition coefficient (Wildman–Crippen LogP) is 1.49. The van der Waals surface area contributed by atoms with Gasteiger partial charge in [-0.25, -0.2) is 0 Å². The van der Waals surface area contributed by atoms with Crippen molar-refractivity contribution in [1.29, 1.82) is 0 Å². The molecule has 5 heteroatoms. The largest absolute Gasteiger partial charge is 0.490 e. The molecule has 0 saturated heterocycles. The van der Waals surface area contributed by atoms with Crippen molar-refractivity contribution in [3.8, 4) is 11.5 Å². The summed E-state index contributed by atoms with van der Waals surface area (Å²) in [6.45, 7) is 6.05. The van der Waals surface area contributed by atoms with E-state index in [1.807, 2.05) is 32.0 Å². The van der Waals surface area contributed by atoms with Crippen LogP contribution in [0, 0.1) is 0 Å². The molecule has 1 aromatic rings. The van der Waals surface area contributed by atoms with E-state index in [9.17, 15) is 4.79 Å². The van der Waals surface area contributed by atoms with Crippen molar-refractivity contribution in [3.63, 3.8) is 0 Å².